The van der Waals surface area contributed by atoms with Crippen LogP contribution in [0.25, 0.3) is 10.8 Å². The first-order valence-corrected chi connectivity index (χ1v) is 7.38. The zero-order valence-electron chi connectivity index (χ0n) is 11.2. The highest BCUT2D eigenvalue weighted by Gasteiger charge is 2.17. The van der Waals surface area contributed by atoms with E-state index in [1.165, 1.54) is 6.07 Å². The van der Waals surface area contributed by atoms with Gasteiger partial charge in [-0.1, -0.05) is 58.4 Å². The zero-order chi connectivity index (χ0) is 14.8. The maximum atomic E-state index is 14.2. The van der Waals surface area contributed by atoms with Crippen molar-refractivity contribution < 1.29 is 4.39 Å². The summed E-state index contributed by atoms with van der Waals surface area (Å²) in [7, 11) is 0. The molecule has 0 heterocycles. The molecule has 0 spiro atoms. The molecule has 2 nitrogen and oxygen atoms in total. The van der Waals surface area contributed by atoms with Crippen molar-refractivity contribution >= 4 is 26.7 Å². The SMILES string of the molecule is NNC(c1ccc2ccccc2c1)c1ccc(Br)cc1F. The fourth-order valence-electron chi connectivity index (χ4n) is 2.49. The first-order chi connectivity index (χ1) is 10.2. The molecule has 0 saturated carbocycles. The van der Waals surface area contributed by atoms with Gasteiger partial charge in [0.2, 0.25) is 0 Å². The molecule has 106 valence electrons. The molecular weight excluding hydrogens is 331 g/mol. The predicted molar refractivity (Wildman–Crippen MR) is 87.2 cm³/mol. The Kier molecular flexibility index (Phi) is 4.01. The summed E-state index contributed by atoms with van der Waals surface area (Å²) in [6.07, 6.45) is 0. The minimum atomic E-state index is -0.386. The van der Waals surface area contributed by atoms with Crippen LogP contribution in [0.15, 0.2) is 65.1 Å². The first-order valence-electron chi connectivity index (χ1n) is 6.59. The highest BCUT2D eigenvalue weighted by atomic mass is 79.9. The van der Waals surface area contributed by atoms with Gasteiger partial charge in [-0.2, -0.15) is 0 Å². The molecule has 0 aliphatic carbocycles. The molecule has 4 heteroatoms. The van der Waals surface area contributed by atoms with Crippen molar-refractivity contribution in [2.24, 2.45) is 5.84 Å². The Morgan fingerprint density at radius 2 is 1.71 bits per heavy atom. The summed E-state index contributed by atoms with van der Waals surface area (Å²) in [6, 6.07) is 18.7. The minimum Gasteiger partial charge on any atom is -0.271 e. The zero-order valence-corrected chi connectivity index (χ0v) is 12.8. The average molecular weight is 345 g/mol. The van der Waals surface area contributed by atoms with E-state index >= 15 is 0 Å². The lowest BCUT2D eigenvalue weighted by Crippen LogP contribution is -2.29. The van der Waals surface area contributed by atoms with Crippen LogP contribution in [0, 0.1) is 5.82 Å². The lowest BCUT2D eigenvalue weighted by Gasteiger charge is -2.18. The number of nitrogens with two attached hydrogens (primary N) is 1. The van der Waals surface area contributed by atoms with Crippen LogP contribution in [0.4, 0.5) is 4.39 Å². The van der Waals surface area contributed by atoms with Crippen molar-refractivity contribution in [2.45, 2.75) is 6.04 Å². The summed E-state index contributed by atoms with van der Waals surface area (Å²) in [5.41, 5.74) is 4.16. The van der Waals surface area contributed by atoms with Gasteiger partial charge in [0.25, 0.3) is 0 Å². The Labute approximate surface area is 130 Å². The largest absolute Gasteiger partial charge is 0.271 e. The molecule has 3 rings (SSSR count). The van der Waals surface area contributed by atoms with E-state index in [0.717, 1.165) is 16.3 Å². The summed E-state index contributed by atoms with van der Waals surface area (Å²) < 4.78 is 14.9. The van der Waals surface area contributed by atoms with E-state index in [4.69, 9.17) is 5.84 Å². The van der Waals surface area contributed by atoms with Gasteiger partial charge in [0.1, 0.15) is 5.82 Å². The number of nitrogens with one attached hydrogen (secondary N) is 1. The molecule has 0 radical (unpaired) electrons. The van der Waals surface area contributed by atoms with Gasteiger partial charge in [-0.3, -0.25) is 5.84 Å². The Balaban J connectivity index is 2.09. The number of benzene rings is 3. The molecule has 0 saturated heterocycles. The van der Waals surface area contributed by atoms with Crippen molar-refractivity contribution in [1.29, 1.82) is 0 Å². The number of rotatable bonds is 3. The molecule has 3 N–H and O–H groups in total. The predicted octanol–water partition coefficient (Wildman–Crippen LogP) is 4.29. The molecule has 21 heavy (non-hydrogen) atoms. The van der Waals surface area contributed by atoms with Crippen LogP contribution in [0.1, 0.15) is 17.2 Å². The molecule has 1 atom stereocenters. The van der Waals surface area contributed by atoms with Gasteiger partial charge < -0.3 is 0 Å². The number of hydrogen-bond donors (Lipinski definition) is 2. The Bertz CT molecular complexity index is 789. The van der Waals surface area contributed by atoms with Crippen LogP contribution in [0.2, 0.25) is 0 Å². The Morgan fingerprint density at radius 3 is 2.43 bits per heavy atom. The van der Waals surface area contributed by atoms with Gasteiger partial charge in [-0.05, 0) is 34.5 Å². The van der Waals surface area contributed by atoms with Crippen LogP contribution in [-0.2, 0) is 0 Å². The summed E-state index contributed by atoms with van der Waals surface area (Å²) >= 11 is 3.26. The summed E-state index contributed by atoms with van der Waals surface area (Å²) in [5, 5.41) is 2.25. The lowest BCUT2D eigenvalue weighted by molar-refractivity contribution is 0.560. The van der Waals surface area contributed by atoms with Crippen molar-refractivity contribution in [3.8, 4) is 0 Å². The van der Waals surface area contributed by atoms with Crippen LogP contribution in [0.5, 0.6) is 0 Å². The third kappa shape index (κ3) is 2.83. The average Bonchev–Trinajstić information content (AvgIpc) is 2.50. The topological polar surface area (TPSA) is 38.0 Å². The quantitative estimate of drug-likeness (QED) is 0.549. The number of hydrazine groups is 1. The van der Waals surface area contributed by atoms with Gasteiger partial charge >= 0.3 is 0 Å². The number of hydrogen-bond acceptors (Lipinski definition) is 2. The van der Waals surface area contributed by atoms with Crippen molar-refractivity contribution in [3.63, 3.8) is 0 Å². The van der Waals surface area contributed by atoms with Gasteiger partial charge in [0.05, 0.1) is 6.04 Å². The van der Waals surface area contributed by atoms with Crippen molar-refractivity contribution in [1.82, 2.24) is 5.43 Å². The molecular formula is C17H14BrFN2. The van der Waals surface area contributed by atoms with Gasteiger partial charge in [-0.25, -0.2) is 9.82 Å². The molecule has 0 aliphatic rings. The second kappa shape index (κ2) is 5.93. The molecule has 0 fully saturated rings. The van der Waals surface area contributed by atoms with Crippen LogP contribution >= 0.6 is 15.9 Å². The fourth-order valence-corrected chi connectivity index (χ4v) is 2.82. The van der Waals surface area contributed by atoms with E-state index in [9.17, 15) is 4.39 Å². The standard InChI is InChI=1S/C17H14BrFN2/c18-14-7-8-15(16(19)10-14)17(21-20)13-6-5-11-3-1-2-4-12(11)9-13/h1-10,17,21H,20H2. The van der Waals surface area contributed by atoms with E-state index in [2.05, 4.69) is 21.4 Å². The van der Waals surface area contributed by atoms with E-state index in [1.807, 2.05) is 48.5 Å². The monoisotopic (exact) mass is 344 g/mol. The van der Waals surface area contributed by atoms with Gasteiger partial charge in [0, 0.05) is 10.0 Å². The maximum absolute atomic E-state index is 14.2. The molecule has 0 aliphatic heterocycles. The lowest BCUT2D eigenvalue weighted by atomic mass is 9.96. The molecule has 0 aromatic heterocycles. The van der Waals surface area contributed by atoms with Gasteiger partial charge in [-0.15, -0.1) is 0 Å². The second-order valence-corrected chi connectivity index (χ2v) is 5.79. The summed E-state index contributed by atoms with van der Waals surface area (Å²) in [6.45, 7) is 0. The Morgan fingerprint density at radius 1 is 0.952 bits per heavy atom. The fraction of sp³-hybridized carbons (Fsp3) is 0.0588. The van der Waals surface area contributed by atoms with Crippen molar-refractivity contribution in [2.75, 3.05) is 0 Å². The van der Waals surface area contributed by atoms with Crippen LogP contribution in [-0.4, -0.2) is 0 Å². The van der Waals surface area contributed by atoms with Gasteiger partial charge in [0.15, 0.2) is 0 Å². The third-order valence-electron chi connectivity index (χ3n) is 3.55. The summed E-state index contributed by atoms with van der Waals surface area (Å²) in [4.78, 5) is 0. The number of fused-ring (bicyclic) bond motifs is 1. The van der Waals surface area contributed by atoms with Crippen LogP contribution < -0.4 is 11.3 Å². The molecule has 1 unspecified atom stereocenters. The maximum Gasteiger partial charge on any atom is 0.129 e. The van der Waals surface area contributed by atoms with E-state index < -0.39 is 0 Å². The minimum absolute atomic E-state index is 0.291. The molecule has 3 aromatic carbocycles. The molecule has 0 amide bonds. The molecule has 0 bridgehead atoms. The first kappa shape index (κ1) is 14.2. The Hall–Kier alpha value is -1.75. The summed E-state index contributed by atoms with van der Waals surface area (Å²) in [5.74, 6) is 5.37. The number of halogens is 2. The third-order valence-corrected chi connectivity index (χ3v) is 4.04. The van der Waals surface area contributed by atoms with E-state index in [0.29, 0.717) is 10.0 Å². The normalized spacial score (nSPS) is 12.5. The highest BCUT2D eigenvalue weighted by Crippen LogP contribution is 2.28. The van der Waals surface area contributed by atoms with E-state index in [1.54, 1.807) is 6.07 Å². The smallest absolute Gasteiger partial charge is 0.129 e. The van der Waals surface area contributed by atoms with Crippen LogP contribution in [0.3, 0.4) is 0 Å². The van der Waals surface area contributed by atoms with E-state index in [-0.39, 0.29) is 11.9 Å². The second-order valence-electron chi connectivity index (χ2n) is 4.87. The van der Waals surface area contributed by atoms with Crippen molar-refractivity contribution in [3.05, 3.63) is 82.1 Å². The highest BCUT2D eigenvalue weighted by molar-refractivity contribution is 9.10. The molecule has 3 aromatic rings.